The quantitative estimate of drug-likeness (QED) is 0.919. The minimum Gasteiger partial charge on any atom is -0.378 e. The van der Waals surface area contributed by atoms with Crippen molar-refractivity contribution in [2.24, 2.45) is 0 Å². The van der Waals surface area contributed by atoms with Crippen LogP contribution in [0.3, 0.4) is 0 Å². The van der Waals surface area contributed by atoms with Crippen LogP contribution in [0.5, 0.6) is 0 Å². The van der Waals surface area contributed by atoms with Gasteiger partial charge in [-0.25, -0.2) is 0 Å². The van der Waals surface area contributed by atoms with Crippen LogP contribution in [0.1, 0.15) is 24.1 Å². The molecule has 0 aromatic carbocycles. The van der Waals surface area contributed by atoms with E-state index in [1.54, 1.807) is 7.11 Å². The molecule has 6 heteroatoms. The lowest BCUT2D eigenvalue weighted by Gasteiger charge is -2.36. The topological polar surface area (TPSA) is 34.1 Å². The number of nitrogens with one attached hydrogen (secondary N) is 1. The largest absolute Gasteiger partial charge is 0.433 e. The molecule has 0 saturated carbocycles. The number of nitrogens with zero attached hydrogens (tertiary/aromatic N) is 1. The van der Waals surface area contributed by atoms with Crippen molar-refractivity contribution in [1.29, 1.82) is 0 Å². The lowest BCUT2D eigenvalue weighted by molar-refractivity contribution is -0.141. The standard InChI is InChI=1S/C13H17F3N2O/c1-19-12(4-6-17-7-5-12)8-10-2-3-11(18-9-10)13(14,15)16/h2-3,9,17H,4-8H2,1H3. The van der Waals surface area contributed by atoms with Crippen LogP contribution < -0.4 is 5.32 Å². The molecular formula is C13H17F3N2O. The highest BCUT2D eigenvalue weighted by atomic mass is 19.4. The van der Waals surface area contributed by atoms with E-state index in [9.17, 15) is 13.2 Å². The van der Waals surface area contributed by atoms with Crippen molar-refractivity contribution in [3.63, 3.8) is 0 Å². The lowest BCUT2D eigenvalue weighted by atomic mass is 9.86. The second kappa shape index (κ2) is 5.46. The molecule has 0 amide bonds. The molecule has 1 N–H and O–H groups in total. The minimum atomic E-state index is -4.38. The second-order valence-electron chi connectivity index (χ2n) is 4.86. The highest BCUT2D eigenvalue weighted by Crippen LogP contribution is 2.29. The Kier molecular flexibility index (Phi) is 4.10. The monoisotopic (exact) mass is 274 g/mol. The number of hydrogen-bond acceptors (Lipinski definition) is 3. The van der Waals surface area contributed by atoms with Crippen LogP contribution in [0.4, 0.5) is 13.2 Å². The maximum absolute atomic E-state index is 12.4. The molecule has 1 aromatic rings. The molecule has 1 aliphatic rings. The van der Waals surface area contributed by atoms with Crippen LogP contribution in [0.25, 0.3) is 0 Å². The maximum Gasteiger partial charge on any atom is 0.433 e. The molecule has 0 unspecified atom stereocenters. The van der Waals surface area contributed by atoms with Crippen LogP contribution in [-0.2, 0) is 17.3 Å². The zero-order valence-corrected chi connectivity index (χ0v) is 10.8. The number of rotatable bonds is 3. The first kappa shape index (κ1) is 14.3. The highest BCUT2D eigenvalue weighted by molar-refractivity contribution is 5.18. The number of pyridine rings is 1. The van der Waals surface area contributed by atoms with Crippen LogP contribution in [0.2, 0.25) is 0 Å². The Morgan fingerprint density at radius 3 is 2.47 bits per heavy atom. The molecule has 0 atom stereocenters. The van der Waals surface area contributed by atoms with Gasteiger partial charge in [-0.2, -0.15) is 13.2 Å². The first-order chi connectivity index (χ1) is 8.95. The summed E-state index contributed by atoms with van der Waals surface area (Å²) in [4.78, 5) is 3.48. The van der Waals surface area contributed by atoms with Gasteiger partial charge >= 0.3 is 6.18 Å². The van der Waals surface area contributed by atoms with E-state index < -0.39 is 11.9 Å². The molecule has 1 saturated heterocycles. The van der Waals surface area contributed by atoms with Gasteiger partial charge < -0.3 is 10.1 Å². The Morgan fingerprint density at radius 2 is 2.00 bits per heavy atom. The van der Waals surface area contributed by atoms with Gasteiger partial charge in [0.1, 0.15) is 5.69 Å². The van der Waals surface area contributed by atoms with Crippen molar-refractivity contribution in [3.05, 3.63) is 29.6 Å². The number of hydrogen-bond donors (Lipinski definition) is 1. The number of ether oxygens (including phenoxy) is 1. The van der Waals surface area contributed by atoms with E-state index in [1.807, 2.05) is 0 Å². The normalized spacial score (nSPS) is 19.4. The highest BCUT2D eigenvalue weighted by Gasteiger charge is 2.34. The Labute approximate surface area is 110 Å². The van der Waals surface area contributed by atoms with E-state index in [4.69, 9.17) is 4.74 Å². The summed E-state index contributed by atoms with van der Waals surface area (Å²) in [6.45, 7) is 1.73. The lowest BCUT2D eigenvalue weighted by Crippen LogP contribution is -2.45. The summed E-state index contributed by atoms with van der Waals surface area (Å²) in [5.74, 6) is 0. The van der Waals surface area contributed by atoms with E-state index in [-0.39, 0.29) is 5.60 Å². The molecule has 19 heavy (non-hydrogen) atoms. The fraction of sp³-hybridized carbons (Fsp3) is 0.615. The first-order valence-electron chi connectivity index (χ1n) is 6.23. The summed E-state index contributed by atoms with van der Waals surface area (Å²) < 4.78 is 42.9. The average molecular weight is 274 g/mol. The Bertz CT molecular complexity index is 411. The predicted molar refractivity (Wildman–Crippen MR) is 64.8 cm³/mol. The van der Waals surface area contributed by atoms with Gasteiger partial charge in [0.25, 0.3) is 0 Å². The Morgan fingerprint density at radius 1 is 1.32 bits per heavy atom. The van der Waals surface area contributed by atoms with Crippen molar-refractivity contribution in [2.45, 2.75) is 31.0 Å². The van der Waals surface area contributed by atoms with Crippen LogP contribution >= 0.6 is 0 Å². The van der Waals surface area contributed by atoms with E-state index >= 15 is 0 Å². The summed E-state index contributed by atoms with van der Waals surface area (Å²) in [5.41, 5.74) is -0.364. The van der Waals surface area contributed by atoms with Gasteiger partial charge in [-0.3, -0.25) is 4.98 Å². The number of halogens is 3. The summed E-state index contributed by atoms with van der Waals surface area (Å²) in [5, 5.41) is 3.24. The van der Waals surface area contributed by atoms with E-state index in [1.165, 1.54) is 12.3 Å². The molecule has 1 aromatic heterocycles. The molecule has 0 spiro atoms. The third-order valence-corrected chi connectivity index (χ3v) is 3.59. The maximum atomic E-state index is 12.4. The van der Waals surface area contributed by atoms with Crippen molar-refractivity contribution >= 4 is 0 Å². The number of alkyl halides is 3. The van der Waals surface area contributed by atoms with Crippen molar-refractivity contribution in [3.8, 4) is 0 Å². The molecular weight excluding hydrogens is 257 g/mol. The van der Waals surface area contributed by atoms with Crippen LogP contribution in [-0.4, -0.2) is 30.8 Å². The zero-order valence-electron chi connectivity index (χ0n) is 10.8. The van der Waals surface area contributed by atoms with E-state index in [2.05, 4.69) is 10.3 Å². The Balaban J connectivity index is 2.10. The molecule has 1 aliphatic heterocycles. The molecule has 2 heterocycles. The van der Waals surface area contributed by atoms with Gasteiger partial charge in [0.05, 0.1) is 5.60 Å². The van der Waals surface area contributed by atoms with Gasteiger partial charge in [-0.1, -0.05) is 6.07 Å². The molecule has 0 aliphatic carbocycles. The molecule has 3 nitrogen and oxygen atoms in total. The van der Waals surface area contributed by atoms with Crippen molar-refractivity contribution < 1.29 is 17.9 Å². The molecule has 1 fully saturated rings. The van der Waals surface area contributed by atoms with Gasteiger partial charge in [0.15, 0.2) is 0 Å². The number of methoxy groups -OCH3 is 1. The smallest absolute Gasteiger partial charge is 0.378 e. The number of piperidine rings is 1. The van der Waals surface area contributed by atoms with Crippen molar-refractivity contribution in [1.82, 2.24) is 10.3 Å². The molecule has 0 bridgehead atoms. The molecule has 106 valence electrons. The molecule has 0 radical (unpaired) electrons. The van der Waals surface area contributed by atoms with Gasteiger partial charge in [0, 0.05) is 19.7 Å². The summed E-state index contributed by atoms with van der Waals surface area (Å²) >= 11 is 0. The average Bonchev–Trinajstić information content (AvgIpc) is 2.39. The fourth-order valence-corrected chi connectivity index (χ4v) is 2.40. The SMILES string of the molecule is COC1(Cc2ccc(C(F)(F)F)nc2)CCNCC1. The summed E-state index contributed by atoms with van der Waals surface area (Å²) in [7, 11) is 1.66. The third kappa shape index (κ3) is 3.45. The summed E-state index contributed by atoms with van der Waals surface area (Å²) in [6.07, 6.45) is -0.788. The van der Waals surface area contributed by atoms with Gasteiger partial charge in [0.2, 0.25) is 0 Å². The predicted octanol–water partition coefficient (Wildman–Crippen LogP) is 2.41. The Hall–Kier alpha value is -1.14. The van der Waals surface area contributed by atoms with E-state index in [0.717, 1.165) is 37.6 Å². The number of aromatic nitrogens is 1. The van der Waals surface area contributed by atoms with Crippen LogP contribution in [0.15, 0.2) is 18.3 Å². The minimum absolute atomic E-state index is 0.285. The van der Waals surface area contributed by atoms with E-state index in [0.29, 0.717) is 6.42 Å². The first-order valence-corrected chi connectivity index (χ1v) is 6.23. The summed E-state index contributed by atoms with van der Waals surface area (Å²) in [6, 6.07) is 2.51. The fourth-order valence-electron chi connectivity index (χ4n) is 2.40. The van der Waals surface area contributed by atoms with Gasteiger partial charge in [-0.05, 0) is 37.6 Å². The van der Waals surface area contributed by atoms with Crippen molar-refractivity contribution in [2.75, 3.05) is 20.2 Å². The second-order valence-corrected chi connectivity index (χ2v) is 4.86. The van der Waals surface area contributed by atoms with Crippen LogP contribution in [0, 0.1) is 0 Å². The van der Waals surface area contributed by atoms with Gasteiger partial charge in [-0.15, -0.1) is 0 Å². The third-order valence-electron chi connectivity index (χ3n) is 3.59. The zero-order chi connectivity index (χ0) is 13.9. The molecule has 2 rings (SSSR count).